The summed E-state index contributed by atoms with van der Waals surface area (Å²) in [5, 5.41) is 70.0. The Morgan fingerprint density at radius 1 is 0.941 bits per heavy atom. The van der Waals surface area contributed by atoms with Gasteiger partial charge in [0.15, 0.2) is 6.29 Å². The number of rotatable bonds is 6. The van der Waals surface area contributed by atoms with Crippen molar-refractivity contribution in [1.29, 1.82) is 0 Å². The highest BCUT2D eigenvalue weighted by Crippen LogP contribution is 2.38. The summed E-state index contributed by atoms with van der Waals surface area (Å²) in [6.45, 7) is 4.31. The Kier molecular flexibility index (Phi) is 8.51. The molecule has 2 fully saturated rings. The highest BCUT2D eigenvalue weighted by Gasteiger charge is 2.48. The van der Waals surface area contributed by atoms with Gasteiger partial charge in [0.25, 0.3) is 0 Å². The van der Waals surface area contributed by atoms with E-state index in [1.165, 1.54) is 0 Å². The molecule has 0 aromatic carbocycles. The Hall–Kier alpha value is -1.45. The SMILES string of the molecule is CC1=C(C(=O)OC2OC(COC3OC(CO)C(O)C(O)C3O)C(O)C(O)C2O)C(C)(C)CC=C1. The fourth-order valence-electron chi connectivity index (χ4n) is 4.40. The number of aliphatic hydroxyl groups is 7. The van der Waals surface area contributed by atoms with Crippen LogP contribution in [0.1, 0.15) is 27.2 Å². The normalized spacial score (nSPS) is 42.5. The van der Waals surface area contributed by atoms with Crippen LogP contribution in [0.5, 0.6) is 0 Å². The minimum absolute atomic E-state index is 0.389. The Morgan fingerprint density at radius 2 is 1.50 bits per heavy atom. The Balaban J connectivity index is 1.68. The first kappa shape index (κ1) is 27.1. The zero-order chi connectivity index (χ0) is 25.4. The van der Waals surface area contributed by atoms with E-state index in [1.807, 2.05) is 19.9 Å². The molecule has 7 N–H and O–H groups in total. The minimum Gasteiger partial charge on any atom is -0.429 e. The molecule has 34 heavy (non-hydrogen) atoms. The average Bonchev–Trinajstić information content (AvgIpc) is 2.77. The van der Waals surface area contributed by atoms with E-state index in [-0.39, 0.29) is 0 Å². The molecule has 0 radical (unpaired) electrons. The number of aliphatic hydroxyl groups excluding tert-OH is 7. The van der Waals surface area contributed by atoms with Crippen molar-refractivity contribution in [2.45, 2.75) is 88.6 Å². The summed E-state index contributed by atoms with van der Waals surface area (Å²) in [5.41, 5.74) is 0.550. The molecule has 2 heterocycles. The second kappa shape index (κ2) is 10.7. The first-order valence-electron chi connectivity index (χ1n) is 11.1. The Morgan fingerprint density at radius 3 is 2.09 bits per heavy atom. The molecule has 1 aliphatic carbocycles. The highest BCUT2D eigenvalue weighted by atomic mass is 16.7. The minimum atomic E-state index is -1.75. The molecule has 0 aromatic rings. The van der Waals surface area contributed by atoms with Gasteiger partial charge in [-0.2, -0.15) is 0 Å². The molecule has 12 heteroatoms. The van der Waals surface area contributed by atoms with E-state index < -0.39 is 86.0 Å². The van der Waals surface area contributed by atoms with Gasteiger partial charge in [0.05, 0.1) is 13.2 Å². The molecule has 2 saturated heterocycles. The van der Waals surface area contributed by atoms with E-state index in [2.05, 4.69) is 0 Å². The van der Waals surface area contributed by atoms with Gasteiger partial charge in [-0.1, -0.05) is 26.0 Å². The van der Waals surface area contributed by atoms with Crippen molar-refractivity contribution in [2.75, 3.05) is 13.2 Å². The number of carbonyl (C=O) groups is 1. The topological polar surface area (TPSA) is 196 Å². The van der Waals surface area contributed by atoms with Crippen molar-refractivity contribution in [1.82, 2.24) is 0 Å². The van der Waals surface area contributed by atoms with Crippen LogP contribution in [-0.2, 0) is 23.7 Å². The van der Waals surface area contributed by atoms with Crippen LogP contribution in [0.25, 0.3) is 0 Å². The third-order valence-electron chi connectivity index (χ3n) is 6.44. The molecule has 0 spiro atoms. The van der Waals surface area contributed by atoms with Crippen molar-refractivity contribution in [3.63, 3.8) is 0 Å². The zero-order valence-electron chi connectivity index (χ0n) is 19.2. The third-order valence-corrected chi connectivity index (χ3v) is 6.44. The number of esters is 1. The molecule has 0 bridgehead atoms. The van der Waals surface area contributed by atoms with Crippen molar-refractivity contribution in [2.24, 2.45) is 5.41 Å². The number of carbonyl (C=O) groups excluding carboxylic acids is 1. The smallest absolute Gasteiger partial charge is 0.337 e. The fourth-order valence-corrected chi connectivity index (χ4v) is 4.40. The largest absolute Gasteiger partial charge is 0.429 e. The lowest BCUT2D eigenvalue weighted by molar-refractivity contribution is -0.326. The van der Waals surface area contributed by atoms with Crippen molar-refractivity contribution >= 4 is 5.97 Å². The molecule has 3 aliphatic rings. The van der Waals surface area contributed by atoms with Crippen LogP contribution < -0.4 is 0 Å². The molecular formula is C22H34O12. The molecule has 2 aliphatic heterocycles. The fraction of sp³-hybridized carbons (Fsp3) is 0.773. The van der Waals surface area contributed by atoms with Crippen LogP contribution in [0.15, 0.2) is 23.3 Å². The van der Waals surface area contributed by atoms with Crippen LogP contribution in [0, 0.1) is 5.41 Å². The van der Waals surface area contributed by atoms with Crippen molar-refractivity contribution in [3.05, 3.63) is 23.3 Å². The van der Waals surface area contributed by atoms with E-state index in [9.17, 15) is 40.5 Å². The van der Waals surface area contributed by atoms with Crippen LogP contribution in [0.2, 0.25) is 0 Å². The summed E-state index contributed by atoms with van der Waals surface area (Å²) < 4.78 is 21.5. The van der Waals surface area contributed by atoms with Crippen LogP contribution in [0.3, 0.4) is 0 Å². The van der Waals surface area contributed by atoms with Gasteiger partial charge in [0.1, 0.15) is 48.8 Å². The van der Waals surface area contributed by atoms with E-state index in [0.29, 0.717) is 17.6 Å². The molecule has 12 nitrogen and oxygen atoms in total. The molecule has 0 saturated carbocycles. The molecule has 10 unspecified atom stereocenters. The first-order valence-corrected chi connectivity index (χ1v) is 11.1. The van der Waals surface area contributed by atoms with Gasteiger partial charge in [-0.25, -0.2) is 4.79 Å². The second-order valence-corrected chi connectivity index (χ2v) is 9.50. The maximum absolute atomic E-state index is 12.9. The average molecular weight is 491 g/mol. The quantitative estimate of drug-likeness (QED) is 0.193. The molecule has 0 aromatic heterocycles. The van der Waals surface area contributed by atoms with Crippen LogP contribution in [0.4, 0.5) is 0 Å². The Bertz CT molecular complexity index is 793. The van der Waals surface area contributed by atoms with E-state index in [1.54, 1.807) is 13.0 Å². The maximum atomic E-state index is 12.9. The van der Waals surface area contributed by atoms with E-state index >= 15 is 0 Å². The maximum Gasteiger partial charge on any atom is 0.337 e. The Labute approximate surface area is 196 Å². The van der Waals surface area contributed by atoms with Gasteiger partial charge < -0.3 is 54.7 Å². The van der Waals surface area contributed by atoms with Gasteiger partial charge in [0.2, 0.25) is 6.29 Å². The molecular weight excluding hydrogens is 456 g/mol. The summed E-state index contributed by atoms with van der Waals surface area (Å²) in [5.74, 6) is -0.743. The number of allylic oxidation sites excluding steroid dienone is 3. The predicted molar refractivity (Wildman–Crippen MR) is 113 cm³/mol. The molecule has 0 amide bonds. The van der Waals surface area contributed by atoms with Gasteiger partial charge in [0, 0.05) is 11.0 Å². The number of ether oxygens (including phenoxy) is 4. The molecule has 3 rings (SSSR count). The lowest BCUT2D eigenvalue weighted by Crippen LogP contribution is -2.62. The third kappa shape index (κ3) is 5.36. The van der Waals surface area contributed by atoms with E-state index in [0.717, 1.165) is 0 Å². The number of hydrogen-bond donors (Lipinski definition) is 7. The van der Waals surface area contributed by atoms with Gasteiger partial charge >= 0.3 is 5.97 Å². The van der Waals surface area contributed by atoms with Gasteiger partial charge in [-0.15, -0.1) is 0 Å². The van der Waals surface area contributed by atoms with Crippen molar-refractivity contribution < 1.29 is 59.5 Å². The summed E-state index contributed by atoms with van der Waals surface area (Å²) in [6.07, 6.45) is -11.4. The lowest BCUT2D eigenvalue weighted by atomic mass is 9.76. The summed E-state index contributed by atoms with van der Waals surface area (Å²) in [4.78, 5) is 12.9. The predicted octanol–water partition coefficient (Wildman–Crippen LogP) is -2.54. The second-order valence-electron chi connectivity index (χ2n) is 9.50. The summed E-state index contributed by atoms with van der Waals surface area (Å²) in [6, 6.07) is 0. The highest BCUT2D eigenvalue weighted by molar-refractivity contribution is 5.91. The first-order chi connectivity index (χ1) is 15.9. The lowest BCUT2D eigenvalue weighted by Gasteiger charge is -2.42. The van der Waals surface area contributed by atoms with Gasteiger partial charge in [-0.05, 0) is 18.9 Å². The zero-order valence-corrected chi connectivity index (χ0v) is 19.2. The monoisotopic (exact) mass is 490 g/mol. The standard InChI is InChI=1S/C22H34O12/c1-9-5-4-6-22(2,3)12(9)19(30)34-21-18(29)16(27)14(25)11(33-21)8-31-20-17(28)15(26)13(24)10(7-23)32-20/h4-5,10-11,13-18,20-21,23-29H,6-8H2,1-3H3. The summed E-state index contributed by atoms with van der Waals surface area (Å²) >= 11 is 0. The molecule has 194 valence electrons. The van der Waals surface area contributed by atoms with Crippen LogP contribution in [-0.4, -0.2) is 116 Å². The summed E-state index contributed by atoms with van der Waals surface area (Å²) in [7, 11) is 0. The van der Waals surface area contributed by atoms with Crippen LogP contribution >= 0.6 is 0 Å². The van der Waals surface area contributed by atoms with E-state index in [4.69, 9.17) is 18.9 Å². The molecule has 10 atom stereocenters. The van der Waals surface area contributed by atoms with Crippen molar-refractivity contribution in [3.8, 4) is 0 Å². The number of hydrogen-bond acceptors (Lipinski definition) is 12. The van der Waals surface area contributed by atoms with Gasteiger partial charge in [-0.3, -0.25) is 0 Å².